The molecule has 1 aromatic heterocycles. The number of aromatic nitrogens is 2. The van der Waals surface area contributed by atoms with Crippen LogP contribution >= 0.6 is 0 Å². The van der Waals surface area contributed by atoms with E-state index in [9.17, 15) is 4.79 Å². The quantitative estimate of drug-likeness (QED) is 0.546. The molecule has 32 heavy (non-hydrogen) atoms. The highest BCUT2D eigenvalue weighted by atomic mass is 16.6. The Morgan fingerprint density at radius 2 is 2.03 bits per heavy atom. The molecule has 1 aliphatic heterocycles. The van der Waals surface area contributed by atoms with Gasteiger partial charge in [0.25, 0.3) is 0 Å². The van der Waals surface area contributed by atoms with Crippen LogP contribution in [0.5, 0.6) is 11.5 Å². The van der Waals surface area contributed by atoms with Gasteiger partial charge in [0.05, 0.1) is 14.2 Å². The molecule has 0 aliphatic carbocycles. The van der Waals surface area contributed by atoms with Gasteiger partial charge in [-0.05, 0) is 71.9 Å². The van der Waals surface area contributed by atoms with Crippen molar-refractivity contribution in [3.63, 3.8) is 0 Å². The molecule has 0 spiro atoms. The van der Waals surface area contributed by atoms with Crippen molar-refractivity contribution in [3.8, 4) is 11.5 Å². The average Bonchev–Trinajstić information content (AvgIpc) is 3.29. The first kappa shape index (κ1) is 22.1. The molecule has 0 saturated carbocycles. The van der Waals surface area contributed by atoms with Crippen LogP contribution in [0, 0.1) is 5.92 Å². The van der Waals surface area contributed by atoms with Crippen LogP contribution < -0.4 is 14.8 Å². The molecule has 1 atom stereocenters. The average molecular weight is 439 g/mol. The van der Waals surface area contributed by atoms with Crippen molar-refractivity contribution in [1.29, 1.82) is 0 Å². The Bertz CT molecular complexity index is 1050. The van der Waals surface area contributed by atoms with E-state index < -0.39 is 0 Å². The number of amides is 1. The summed E-state index contributed by atoms with van der Waals surface area (Å²) in [7, 11) is 3.24. The molecular weight excluding hydrogens is 408 g/mol. The maximum Gasteiger partial charge on any atom is 0.220 e. The van der Waals surface area contributed by atoms with Gasteiger partial charge in [-0.15, -0.1) is 0 Å². The van der Waals surface area contributed by atoms with Gasteiger partial charge in [-0.25, -0.2) is 4.63 Å². The molecule has 170 valence electrons. The van der Waals surface area contributed by atoms with Crippen molar-refractivity contribution in [2.75, 3.05) is 27.3 Å². The maximum atomic E-state index is 12.4. The molecule has 1 N–H and O–H groups in total. The predicted molar refractivity (Wildman–Crippen MR) is 120 cm³/mol. The number of methoxy groups -OCH3 is 2. The van der Waals surface area contributed by atoms with Crippen LogP contribution in [-0.2, 0) is 17.9 Å². The van der Waals surface area contributed by atoms with E-state index in [1.807, 2.05) is 30.3 Å². The maximum absolute atomic E-state index is 12.4. The summed E-state index contributed by atoms with van der Waals surface area (Å²) >= 11 is 0. The number of likely N-dealkylation sites (tertiary alicyclic amines) is 1. The summed E-state index contributed by atoms with van der Waals surface area (Å²) in [5.74, 6) is 2.05. The molecule has 8 heteroatoms. The largest absolute Gasteiger partial charge is 0.497 e. The zero-order valence-electron chi connectivity index (χ0n) is 18.7. The molecule has 1 saturated heterocycles. The Hall–Kier alpha value is -3.13. The van der Waals surface area contributed by atoms with Crippen LogP contribution in [0.4, 0.5) is 0 Å². The zero-order valence-corrected chi connectivity index (χ0v) is 18.7. The molecule has 2 aromatic carbocycles. The third kappa shape index (κ3) is 5.56. The van der Waals surface area contributed by atoms with Crippen molar-refractivity contribution >= 4 is 16.9 Å². The van der Waals surface area contributed by atoms with Crippen molar-refractivity contribution < 1.29 is 18.9 Å². The summed E-state index contributed by atoms with van der Waals surface area (Å²) in [6.45, 7) is 3.41. The topological polar surface area (TPSA) is 89.7 Å². The number of fused-ring (bicyclic) bond motifs is 1. The number of ether oxygens (including phenoxy) is 2. The van der Waals surface area contributed by atoms with Gasteiger partial charge >= 0.3 is 0 Å². The summed E-state index contributed by atoms with van der Waals surface area (Å²) in [4.78, 5) is 14.9. The third-order valence-electron chi connectivity index (χ3n) is 6.08. The Kier molecular flexibility index (Phi) is 7.21. The number of nitrogens with zero attached hydrogens (tertiary/aromatic N) is 3. The van der Waals surface area contributed by atoms with Crippen molar-refractivity contribution in [3.05, 3.63) is 47.5 Å². The van der Waals surface area contributed by atoms with Gasteiger partial charge in [0.2, 0.25) is 5.91 Å². The standard InChI is InChI=1S/C24H30N4O4/c1-30-20-8-7-19(23(13-20)31-2)14-25-24(29)10-6-17-4-3-11-28(15-17)16-18-5-9-21-22(12-18)27-32-26-21/h5,7-9,12-13,17H,3-4,6,10-11,14-16H2,1-2H3,(H,25,29)/t17-/m0/s1. The highest BCUT2D eigenvalue weighted by molar-refractivity contribution is 5.76. The zero-order chi connectivity index (χ0) is 22.3. The lowest BCUT2D eigenvalue weighted by atomic mass is 9.93. The van der Waals surface area contributed by atoms with Crippen molar-refractivity contribution in [2.24, 2.45) is 5.92 Å². The molecule has 0 unspecified atom stereocenters. The highest BCUT2D eigenvalue weighted by Gasteiger charge is 2.21. The lowest BCUT2D eigenvalue weighted by molar-refractivity contribution is -0.121. The van der Waals surface area contributed by atoms with Crippen LogP contribution in [0.25, 0.3) is 11.0 Å². The molecule has 1 fully saturated rings. The molecule has 0 radical (unpaired) electrons. The molecule has 1 amide bonds. The smallest absolute Gasteiger partial charge is 0.220 e. The first-order chi connectivity index (χ1) is 15.6. The Morgan fingerprint density at radius 3 is 2.88 bits per heavy atom. The van der Waals surface area contributed by atoms with Crippen LogP contribution in [0.2, 0.25) is 0 Å². The number of hydrogen-bond acceptors (Lipinski definition) is 7. The second kappa shape index (κ2) is 10.5. The highest BCUT2D eigenvalue weighted by Crippen LogP contribution is 2.25. The SMILES string of the molecule is COc1ccc(CNC(=O)CC[C@@H]2CCCN(Cc3ccc4nonc4c3)C2)c(OC)c1. The monoisotopic (exact) mass is 438 g/mol. The van der Waals surface area contributed by atoms with Crippen molar-refractivity contribution in [2.45, 2.75) is 38.8 Å². The first-order valence-corrected chi connectivity index (χ1v) is 11.1. The number of rotatable bonds is 9. The molecular formula is C24H30N4O4. The van der Waals surface area contributed by atoms with E-state index in [1.165, 1.54) is 12.0 Å². The van der Waals surface area contributed by atoms with Gasteiger partial charge in [0.1, 0.15) is 22.5 Å². The molecule has 8 nitrogen and oxygen atoms in total. The van der Waals surface area contributed by atoms with E-state index in [2.05, 4.69) is 26.6 Å². The molecule has 4 rings (SSSR count). The van der Waals surface area contributed by atoms with Gasteiger partial charge in [0.15, 0.2) is 0 Å². The molecule has 0 bridgehead atoms. The second-order valence-electron chi connectivity index (χ2n) is 8.32. The number of benzene rings is 2. The Balaban J connectivity index is 1.23. The predicted octanol–water partition coefficient (Wildman–Crippen LogP) is 3.55. The van der Waals surface area contributed by atoms with Gasteiger partial charge in [-0.2, -0.15) is 0 Å². The molecule has 3 aromatic rings. The van der Waals surface area contributed by atoms with Crippen LogP contribution in [0.1, 0.15) is 36.8 Å². The minimum atomic E-state index is 0.0731. The van der Waals surface area contributed by atoms with E-state index in [0.717, 1.165) is 54.8 Å². The summed E-state index contributed by atoms with van der Waals surface area (Å²) < 4.78 is 15.4. The second-order valence-corrected chi connectivity index (χ2v) is 8.32. The van der Waals surface area contributed by atoms with Gasteiger partial charge in [-0.1, -0.05) is 6.07 Å². The normalized spacial score (nSPS) is 16.8. The van der Waals surface area contributed by atoms with Crippen LogP contribution in [-0.4, -0.2) is 48.4 Å². The number of carbonyl (C=O) groups excluding carboxylic acids is 1. The Labute approximate surface area is 187 Å². The summed E-state index contributed by atoms with van der Waals surface area (Å²) in [5.41, 5.74) is 3.72. The van der Waals surface area contributed by atoms with E-state index >= 15 is 0 Å². The fourth-order valence-corrected chi connectivity index (χ4v) is 4.33. The van der Waals surface area contributed by atoms with E-state index in [4.69, 9.17) is 14.1 Å². The third-order valence-corrected chi connectivity index (χ3v) is 6.08. The van der Waals surface area contributed by atoms with E-state index in [1.54, 1.807) is 14.2 Å². The van der Waals surface area contributed by atoms with Gasteiger partial charge in [-0.3, -0.25) is 9.69 Å². The Morgan fingerprint density at radius 1 is 1.16 bits per heavy atom. The first-order valence-electron chi connectivity index (χ1n) is 11.1. The fourth-order valence-electron chi connectivity index (χ4n) is 4.33. The van der Waals surface area contributed by atoms with Crippen LogP contribution in [0.15, 0.2) is 41.0 Å². The number of nitrogens with one attached hydrogen (secondary N) is 1. The van der Waals surface area contributed by atoms with Gasteiger partial charge in [0, 0.05) is 37.7 Å². The summed E-state index contributed by atoms with van der Waals surface area (Å²) in [5, 5.41) is 10.8. The fraction of sp³-hybridized carbons (Fsp3) is 0.458. The molecule has 1 aliphatic rings. The van der Waals surface area contributed by atoms with E-state index in [0.29, 0.717) is 24.6 Å². The lowest BCUT2D eigenvalue weighted by Gasteiger charge is -2.32. The number of piperidine rings is 1. The van der Waals surface area contributed by atoms with Gasteiger partial charge < -0.3 is 14.8 Å². The molecule has 2 heterocycles. The number of carbonyl (C=O) groups is 1. The number of hydrogen-bond donors (Lipinski definition) is 1. The van der Waals surface area contributed by atoms with E-state index in [-0.39, 0.29) is 5.91 Å². The summed E-state index contributed by atoms with van der Waals surface area (Å²) in [6.07, 6.45) is 3.76. The minimum absolute atomic E-state index is 0.0731. The van der Waals surface area contributed by atoms with Crippen LogP contribution in [0.3, 0.4) is 0 Å². The minimum Gasteiger partial charge on any atom is -0.497 e. The summed E-state index contributed by atoms with van der Waals surface area (Å²) in [6, 6.07) is 11.7. The lowest BCUT2D eigenvalue weighted by Crippen LogP contribution is -2.35. The van der Waals surface area contributed by atoms with Crippen molar-refractivity contribution in [1.82, 2.24) is 20.5 Å².